The van der Waals surface area contributed by atoms with Crippen LogP contribution in [0.1, 0.15) is 26.2 Å². The number of nitrogen functional groups attached to an aromatic ring is 1. The number of nitrogens with one attached hydrogen (secondary N) is 1. The first kappa shape index (κ1) is 16.9. The molecule has 7 heteroatoms. The van der Waals surface area contributed by atoms with E-state index in [1.54, 1.807) is 0 Å². The molecule has 0 amide bonds. The summed E-state index contributed by atoms with van der Waals surface area (Å²) in [6.45, 7) is 2.15. The summed E-state index contributed by atoms with van der Waals surface area (Å²) in [5.41, 5.74) is 5.67. The molecule has 0 heterocycles. The van der Waals surface area contributed by atoms with Crippen molar-refractivity contribution in [1.82, 2.24) is 4.72 Å². The zero-order valence-corrected chi connectivity index (χ0v) is 12.3. The minimum Gasteiger partial charge on any atom is -0.399 e. The van der Waals surface area contributed by atoms with Gasteiger partial charge in [0, 0.05) is 18.8 Å². The number of anilines is 1. The van der Waals surface area contributed by atoms with Crippen molar-refractivity contribution in [3.63, 3.8) is 0 Å². The second-order valence-electron chi connectivity index (χ2n) is 4.71. The molecular weight excluding hydrogens is 283 g/mol. The molecule has 0 saturated heterocycles. The molecule has 20 heavy (non-hydrogen) atoms. The third kappa shape index (κ3) is 4.73. The molecule has 114 valence electrons. The highest BCUT2D eigenvalue weighted by Crippen LogP contribution is 2.18. The third-order valence-electron chi connectivity index (χ3n) is 3.04. The van der Waals surface area contributed by atoms with Gasteiger partial charge in [-0.15, -0.1) is 0 Å². The lowest BCUT2D eigenvalue weighted by Crippen LogP contribution is -2.30. The van der Waals surface area contributed by atoms with E-state index in [2.05, 4.69) is 4.72 Å². The van der Waals surface area contributed by atoms with Gasteiger partial charge in [-0.2, -0.15) is 0 Å². The summed E-state index contributed by atoms with van der Waals surface area (Å²) >= 11 is 0. The topological polar surface area (TPSA) is 92.4 Å². The maximum atomic E-state index is 13.6. The highest BCUT2D eigenvalue weighted by molar-refractivity contribution is 7.89. The number of hydrogen-bond acceptors (Lipinski definition) is 4. The van der Waals surface area contributed by atoms with E-state index in [9.17, 15) is 12.8 Å². The SMILES string of the molecule is CCCC(CCO)CNS(=O)(=O)c1cc(N)ccc1F. The zero-order valence-electron chi connectivity index (χ0n) is 11.5. The Morgan fingerprint density at radius 2 is 2.10 bits per heavy atom. The van der Waals surface area contributed by atoms with E-state index in [0.29, 0.717) is 6.42 Å². The number of aliphatic hydroxyl groups excluding tert-OH is 1. The Hall–Kier alpha value is -1.18. The summed E-state index contributed by atoms with van der Waals surface area (Å²) in [7, 11) is -3.93. The Morgan fingerprint density at radius 1 is 1.40 bits per heavy atom. The molecule has 0 aliphatic carbocycles. The normalized spacial score (nSPS) is 13.3. The van der Waals surface area contributed by atoms with Gasteiger partial charge < -0.3 is 10.8 Å². The lowest BCUT2D eigenvalue weighted by Gasteiger charge is -2.16. The molecule has 1 aromatic rings. The molecule has 0 aliphatic rings. The molecule has 0 saturated carbocycles. The fourth-order valence-corrected chi connectivity index (χ4v) is 3.20. The van der Waals surface area contributed by atoms with Gasteiger partial charge in [0.2, 0.25) is 10.0 Å². The second kappa shape index (κ2) is 7.56. The van der Waals surface area contributed by atoms with Crippen LogP contribution in [-0.2, 0) is 10.0 Å². The van der Waals surface area contributed by atoms with Crippen LogP contribution in [0.5, 0.6) is 0 Å². The number of aliphatic hydroxyl groups is 1. The number of rotatable bonds is 8. The van der Waals surface area contributed by atoms with Gasteiger partial charge in [-0.3, -0.25) is 0 Å². The van der Waals surface area contributed by atoms with Gasteiger partial charge in [0.1, 0.15) is 10.7 Å². The Bertz CT molecular complexity index is 528. The van der Waals surface area contributed by atoms with Gasteiger partial charge in [-0.05, 0) is 37.0 Å². The lowest BCUT2D eigenvalue weighted by molar-refractivity contribution is 0.251. The average Bonchev–Trinajstić information content (AvgIpc) is 2.39. The Balaban J connectivity index is 2.81. The number of nitrogens with two attached hydrogens (primary N) is 1. The predicted molar refractivity (Wildman–Crippen MR) is 76.1 cm³/mol. The van der Waals surface area contributed by atoms with E-state index >= 15 is 0 Å². The van der Waals surface area contributed by atoms with Crippen molar-refractivity contribution < 1.29 is 17.9 Å². The highest BCUT2D eigenvalue weighted by Gasteiger charge is 2.20. The van der Waals surface area contributed by atoms with Gasteiger partial charge in [-0.1, -0.05) is 13.3 Å². The first-order valence-electron chi connectivity index (χ1n) is 6.56. The van der Waals surface area contributed by atoms with Crippen molar-refractivity contribution in [2.45, 2.75) is 31.1 Å². The van der Waals surface area contributed by atoms with Crippen LogP contribution in [0.4, 0.5) is 10.1 Å². The summed E-state index contributed by atoms with van der Waals surface area (Å²) < 4.78 is 40.0. The Morgan fingerprint density at radius 3 is 2.70 bits per heavy atom. The zero-order chi connectivity index (χ0) is 15.2. The Labute approximate surface area is 119 Å². The van der Waals surface area contributed by atoms with E-state index in [4.69, 9.17) is 10.8 Å². The van der Waals surface area contributed by atoms with E-state index < -0.39 is 20.7 Å². The molecule has 0 aliphatic heterocycles. The maximum Gasteiger partial charge on any atom is 0.243 e. The van der Waals surface area contributed by atoms with Crippen molar-refractivity contribution in [1.29, 1.82) is 0 Å². The molecule has 0 fully saturated rings. The summed E-state index contributed by atoms with van der Waals surface area (Å²) in [6, 6.07) is 3.43. The number of sulfonamides is 1. The summed E-state index contributed by atoms with van der Waals surface area (Å²) in [4.78, 5) is -0.447. The van der Waals surface area contributed by atoms with Crippen molar-refractivity contribution in [3.05, 3.63) is 24.0 Å². The third-order valence-corrected chi connectivity index (χ3v) is 4.48. The van der Waals surface area contributed by atoms with E-state index in [0.717, 1.165) is 25.0 Å². The predicted octanol–water partition coefficient (Wildman–Crippen LogP) is 1.48. The van der Waals surface area contributed by atoms with E-state index in [1.807, 2.05) is 6.92 Å². The minimum absolute atomic E-state index is 0.000952. The van der Waals surface area contributed by atoms with Crippen LogP contribution in [0.25, 0.3) is 0 Å². The van der Waals surface area contributed by atoms with Crippen LogP contribution in [0.3, 0.4) is 0 Å². The lowest BCUT2D eigenvalue weighted by atomic mass is 10.0. The molecule has 1 rings (SSSR count). The van der Waals surface area contributed by atoms with Crippen LogP contribution in [0.15, 0.2) is 23.1 Å². The van der Waals surface area contributed by atoms with Gasteiger partial charge in [0.25, 0.3) is 0 Å². The monoisotopic (exact) mass is 304 g/mol. The van der Waals surface area contributed by atoms with Crippen molar-refractivity contribution in [2.75, 3.05) is 18.9 Å². The molecule has 1 aromatic carbocycles. The fraction of sp³-hybridized carbons (Fsp3) is 0.538. The number of halogens is 1. The molecule has 1 atom stereocenters. The maximum absolute atomic E-state index is 13.6. The van der Waals surface area contributed by atoms with Crippen LogP contribution in [-0.4, -0.2) is 26.7 Å². The quantitative estimate of drug-likeness (QED) is 0.634. The summed E-state index contributed by atoms with van der Waals surface area (Å²) in [6.07, 6.45) is 2.19. The largest absolute Gasteiger partial charge is 0.399 e. The van der Waals surface area contributed by atoms with Crippen molar-refractivity contribution in [3.8, 4) is 0 Å². The molecule has 0 spiro atoms. The Kier molecular flexibility index (Phi) is 6.38. The number of benzene rings is 1. The smallest absolute Gasteiger partial charge is 0.243 e. The van der Waals surface area contributed by atoms with Crippen LogP contribution >= 0.6 is 0 Å². The summed E-state index contributed by atoms with van der Waals surface area (Å²) in [5.74, 6) is -0.801. The fourth-order valence-electron chi connectivity index (χ4n) is 1.97. The molecule has 0 bridgehead atoms. The average molecular weight is 304 g/mol. The van der Waals surface area contributed by atoms with Crippen LogP contribution in [0, 0.1) is 11.7 Å². The summed E-state index contributed by atoms with van der Waals surface area (Å²) in [5, 5.41) is 8.94. The minimum atomic E-state index is -3.93. The standard InChI is InChI=1S/C13H21FN2O3S/c1-2-3-10(6-7-17)9-16-20(18,19)13-8-11(15)4-5-12(13)14/h4-5,8,10,16-17H,2-3,6-7,9,15H2,1H3. The van der Waals surface area contributed by atoms with Gasteiger partial charge in [0.05, 0.1) is 0 Å². The van der Waals surface area contributed by atoms with E-state index in [1.165, 1.54) is 6.07 Å². The molecule has 0 aromatic heterocycles. The molecular formula is C13H21FN2O3S. The highest BCUT2D eigenvalue weighted by atomic mass is 32.2. The molecule has 0 radical (unpaired) electrons. The van der Waals surface area contributed by atoms with Gasteiger partial charge in [0.15, 0.2) is 0 Å². The number of hydrogen-bond donors (Lipinski definition) is 3. The van der Waals surface area contributed by atoms with Crippen molar-refractivity contribution >= 4 is 15.7 Å². The van der Waals surface area contributed by atoms with Gasteiger partial charge in [-0.25, -0.2) is 17.5 Å². The molecule has 1 unspecified atom stereocenters. The van der Waals surface area contributed by atoms with Gasteiger partial charge >= 0.3 is 0 Å². The first-order valence-corrected chi connectivity index (χ1v) is 8.04. The van der Waals surface area contributed by atoms with E-state index in [-0.39, 0.29) is 24.8 Å². The van der Waals surface area contributed by atoms with Crippen LogP contribution in [0.2, 0.25) is 0 Å². The van der Waals surface area contributed by atoms with Crippen LogP contribution < -0.4 is 10.5 Å². The van der Waals surface area contributed by atoms with Crippen molar-refractivity contribution in [2.24, 2.45) is 5.92 Å². The molecule has 5 nitrogen and oxygen atoms in total. The first-order chi connectivity index (χ1) is 9.40. The molecule has 4 N–H and O–H groups in total. The second-order valence-corrected chi connectivity index (χ2v) is 6.44.